The van der Waals surface area contributed by atoms with Crippen LogP contribution in [0.5, 0.6) is 0 Å². The molecule has 4 nitrogen and oxygen atoms in total. The number of aliphatic imine (C=N–C) groups is 1. The minimum absolute atomic E-state index is 0.283. The van der Waals surface area contributed by atoms with E-state index in [2.05, 4.69) is 22.1 Å². The Morgan fingerprint density at radius 2 is 2.20 bits per heavy atom. The van der Waals surface area contributed by atoms with Gasteiger partial charge in [-0.15, -0.1) is 0 Å². The van der Waals surface area contributed by atoms with Crippen LogP contribution in [0.1, 0.15) is 26.2 Å². The van der Waals surface area contributed by atoms with Gasteiger partial charge in [0.2, 0.25) is 5.84 Å². The fraction of sp³-hybridized carbons (Fsp3) is 0.667. The van der Waals surface area contributed by atoms with Crippen LogP contribution in [0.25, 0.3) is 0 Å². The summed E-state index contributed by atoms with van der Waals surface area (Å²) in [5, 5.41) is 12.6. The maximum absolute atomic E-state index is 5.27. The largest absolute Gasteiger partial charge is 0.448 e. The van der Waals surface area contributed by atoms with Crippen molar-refractivity contribution < 1.29 is 5.41 Å². The van der Waals surface area contributed by atoms with Crippen LogP contribution in [0.2, 0.25) is 0 Å². The van der Waals surface area contributed by atoms with E-state index in [0.29, 0.717) is 0 Å². The predicted octanol–water partition coefficient (Wildman–Crippen LogP) is 0.156. The first-order valence-corrected chi connectivity index (χ1v) is 3.44. The Bertz CT molecular complexity index is 192. The lowest BCUT2D eigenvalue weighted by atomic mass is 10.2. The number of guanidine groups is 1. The Morgan fingerprint density at radius 1 is 1.40 bits per heavy atom. The van der Waals surface area contributed by atoms with Crippen LogP contribution in [-0.4, -0.2) is 11.8 Å². The summed E-state index contributed by atoms with van der Waals surface area (Å²) < 4.78 is 0. The summed E-state index contributed by atoms with van der Waals surface area (Å²) in [6.07, 6.45) is 3.14. The summed E-state index contributed by atoms with van der Waals surface area (Å²) >= 11 is 0. The summed E-state index contributed by atoms with van der Waals surface area (Å²) in [5.74, 6) is 1.05. The number of hydrogen-bond donors (Lipinski definition) is 1. The molecule has 1 heterocycles. The maximum Gasteiger partial charge on any atom is 0.448 e. The monoisotopic (exact) mass is 139 g/mol. The molecule has 0 fully saturated rings. The molecular formula is C6H11N4+. The smallest absolute Gasteiger partial charge is 0.283 e. The van der Waals surface area contributed by atoms with E-state index in [1.807, 2.05) is 0 Å². The van der Waals surface area contributed by atoms with Crippen molar-refractivity contribution >= 4 is 11.8 Å². The summed E-state index contributed by atoms with van der Waals surface area (Å²) in [5.41, 5.74) is 0. The number of amidine groups is 1. The summed E-state index contributed by atoms with van der Waals surface area (Å²) in [6.45, 7) is 2.12. The molecule has 0 bridgehead atoms. The average molecular weight is 139 g/mol. The Labute approximate surface area is 59.6 Å². The number of nitrogens with two attached hydrogens (primary N) is 1. The molecule has 54 valence electrons. The third kappa shape index (κ3) is 1.72. The number of nitrogens with zero attached hydrogens (tertiary/aromatic N) is 3. The summed E-state index contributed by atoms with van der Waals surface area (Å²) in [4.78, 5) is 3.90. The molecule has 0 unspecified atom stereocenters. The lowest BCUT2D eigenvalue weighted by Gasteiger charge is -1.85. The predicted molar refractivity (Wildman–Crippen MR) is 38.7 cm³/mol. The lowest BCUT2D eigenvalue weighted by molar-refractivity contribution is -0.116. The standard InChI is InChI=1S/C6H10N4/c1-2-3-4-5-8-6(7)10-9-5/h7H,2-4H2,1H3/p+1. The zero-order valence-corrected chi connectivity index (χ0v) is 6.04. The molecule has 0 amide bonds. The average Bonchev–Trinajstić information content (AvgIpc) is 2.31. The number of hydrogen-bond acceptors (Lipinski definition) is 1. The van der Waals surface area contributed by atoms with Crippen LogP contribution in [0, 0.1) is 0 Å². The molecule has 0 atom stereocenters. The van der Waals surface area contributed by atoms with Crippen LogP contribution in [0.4, 0.5) is 0 Å². The maximum atomic E-state index is 5.27. The molecule has 2 N–H and O–H groups in total. The van der Waals surface area contributed by atoms with E-state index in [9.17, 15) is 0 Å². The van der Waals surface area contributed by atoms with E-state index >= 15 is 0 Å². The van der Waals surface area contributed by atoms with Crippen LogP contribution < -0.4 is 5.41 Å². The molecule has 0 aliphatic carbocycles. The normalized spacial score (nSPS) is 16.1. The minimum atomic E-state index is 0.283. The number of rotatable bonds is 3. The van der Waals surface area contributed by atoms with Gasteiger partial charge in [0.1, 0.15) is 0 Å². The lowest BCUT2D eigenvalue weighted by Crippen LogP contribution is -2.36. The van der Waals surface area contributed by atoms with Crippen LogP contribution in [0.15, 0.2) is 15.2 Å². The fourth-order valence-corrected chi connectivity index (χ4v) is 0.727. The molecule has 1 rings (SSSR count). The second-order valence-corrected chi connectivity index (χ2v) is 2.19. The molecular weight excluding hydrogens is 128 g/mol. The van der Waals surface area contributed by atoms with Gasteiger partial charge in [-0.1, -0.05) is 13.3 Å². The van der Waals surface area contributed by atoms with Crippen molar-refractivity contribution in [3.05, 3.63) is 0 Å². The van der Waals surface area contributed by atoms with Crippen molar-refractivity contribution in [1.29, 1.82) is 0 Å². The fourth-order valence-electron chi connectivity index (χ4n) is 0.727. The Morgan fingerprint density at radius 3 is 2.70 bits per heavy atom. The first kappa shape index (κ1) is 7.05. The van der Waals surface area contributed by atoms with Crippen LogP contribution in [-0.2, 0) is 0 Å². The highest BCUT2D eigenvalue weighted by molar-refractivity contribution is 5.98. The van der Waals surface area contributed by atoms with Gasteiger partial charge in [-0.2, -0.15) is 0 Å². The van der Waals surface area contributed by atoms with Gasteiger partial charge in [-0.25, -0.2) is 0 Å². The van der Waals surface area contributed by atoms with E-state index in [1.54, 1.807) is 0 Å². The second kappa shape index (κ2) is 3.20. The van der Waals surface area contributed by atoms with Crippen molar-refractivity contribution in [2.75, 3.05) is 0 Å². The zero-order chi connectivity index (χ0) is 7.40. The van der Waals surface area contributed by atoms with Crippen LogP contribution >= 0.6 is 0 Å². The van der Waals surface area contributed by atoms with E-state index < -0.39 is 0 Å². The van der Waals surface area contributed by atoms with E-state index in [-0.39, 0.29) is 5.96 Å². The molecule has 0 aromatic rings. The van der Waals surface area contributed by atoms with E-state index in [0.717, 1.165) is 25.1 Å². The van der Waals surface area contributed by atoms with Gasteiger partial charge in [0, 0.05) is 6.42 Å². The molecule has 4 heteroatoms. The molecule has 0 spiro atoms. The highest BCUT2D eigenvalue weighted by Gasteiger charge is 2.15. The second-order valence-electron chi connectivity index (χ2n) is 2.19. The van der Waals surface area contributed by atoms with Crippen molar-refractivity contribution in [2.45, 2.75) is 26.2 Å². The Kier molecular flexibility index (Phi) is 2.25. The molecule has 0 aromatic heterocycles. The Balaban J connectivity index is 2.37. The quantitative estimate of drug-likeness (QED) is 0.578. The van der Waals surface area contributed by atoms with Crippen LogP contribution in [0.3, 0.4) is 0 Å². The SMILES string of the molecule is CCCCC1=NC(=[NH2+])N=N1. The molecule has 1 aliphatic heterocycles. The van der Waals surface area contributed by atoms with Gasteiger partial charge in [0.15, 0.2) is 0 Å². The molecule has 1 aliphatic rings. The van der Waals surface area contributed by atoms with Crippen molar-refractivity contribution in [3.8, 4) is 0 Å². The minimum Gasteiger partial charge on any atom is -0.283 e. The zero-order valence-electron chi connectivity index (χ0n) is 6.04. The van der Waals surface area contributed by atoms with Crippen molar-refractivity contribution in [2.24, 2.45) is 15.2 Å². The number of azo groups is 1. The Hall–Kier alpha value is -1.06. The summed E-state index contributed by atoms with van der Waals surface area (Å²) in [7, 11) is 0. The molecule has 0 radical (unpaired) electrons. The first-order chi connectivity index (χ1) is 4.83. The van der Waals surface area contributed by atoms with Gasteiger partial charge in [0.25, 0.3) is 0 Å². The molecule has 0 saturated heterocycles. The first-order valence-electron chi connectivity index (χ1n) is 3.44. The number of unbranched alkanes of at least 4 members (excludes halogenated alkanes) is 1. The van der Waals surface area contributed by atoms with Gasteiger partial charge >= 0.3 is 5.96 Å². The van der Waals surface area contributed by atoms with E-state index in [1.165, 1.54) is 0 Å². The third-order valence-electron chi connectivity index (χ3n) is 1.27. The molecule has 10 heavy (non-hydrogen) atoms. The third-order valence-corrected chi connectivity index (χ3v) is 1.27. The van der Waals surface area contributed by atoms with Crippen molar-refractivity contribution in [3.63, 3.8) is 0 Å². The molecule has 0 aromatic carbocycles. The van der Waals surface area contributed by atoms with Gasteiger partial charge < -0.3 is 0 Å². The van der Waals surface area contributed by atoms with Gasteiger partial charge in [-0.3, -0.25) is 5.41 Å². The van der Waals surface area contributed by atoms with Crippen molar-refractivity contribution in [1.82, 2.24) is 0 Å². The topological polar surface area (TPSA) is 62.7 Å². The highest BCUT2D eigenvalue weighted by Crippen LogP contribution is 2.03. The van der Waals surface area contributed by atoms with Gasteiger partial charge in [0.05, 0.1) is 5.11 Å². The summed E-state index contributed by atoms with van der Waals surface area (Å²) in [6, 6.07) is 0. The van der Waals surface area contributed by atoms with E-state index in [4.69, 9.17) is 5.41 Å². The van der Waals surface area contributed by atoms with Gasteiger partial charge in [-0.05, 0) is 16.5 Å². The molecule has 0 saturated carbocycles. The highest BCUT2D eigenvalue weighted by atomic mass is 15.3.